The predicted molar refractivity (Wildman–Crippen MR) is 310 cm³/mol. The standard InChI is InChI=1S/C65H125NO5/c1-3-5-7-9-11-13-15-17-19-27-31-35-39-43-47-51-55-59-65(70)71-60-56-52-48-44-40-36-32-29-26-24-22-20-21-23-25-28-30-34-38-42-46-50-54-58-64(69)66-62(61-67)63(68)57-53-49-45-41-37-33-18-16-14-12-10-8-6-4-2/h20,22-23,25,62-63,67-68H,3-19,21,24,26-61H2,1-2H3,(H,66,69)/b22-20-,25-23-. The number of ether oxygens (including phenoxy) is 1. The molecule has 0 saturated carbocycles. The van der Waals surface area contributed by atoms with Crippen LogP contribution in [0.25, 0.3) is 0 Å². The number of amides is 1. The molecule has 0 aliphatic carbocycles. The maximum absolute atomic E-state index is 12.5. The molecule has 0 heterocycles. The first-order valence-electron chi connectivity index (χ1n) is 32.1. The van der Waals surface area contributed by atoms with Crippen LogP contribution in [0.2, 0.25) is 0 Å². The lowest BCUT2D eigenvalue weighted by Gasteiger charge is -2.22. The maximum atomic E-state index is 12.5. The van der Waals surface area contributed by atoms with Gasteiger partial charge in [0.2, 0.25) is 5.91 Å². The highest BCUT2D eigenvalue weighted by Gasteiger charge is 2.20. The molecule has 0 fully saturated rings. The third kappa shape index (κ3) is 57.5. The molecule has 0 saturated heterocycles. The van der Waals surface area contributed by atoms with Crippen LogP contribution >= 0.6 is 0 Å². The third-order valence-corrected chi connectivity index (χ3v) is 15.0. The van der Waals surface area contributed by atoms with Crippen LogP contribution < -0.4 is 5.32 Å². The Labute approximate surface area is 443 Å². The topological polar surface area (TPSA) is 95.9 Å². The summed E-state index contributed by atoms with van der Waals surface area (Å²) < 4.78 is 5.49. The summed E-state index contributed by atoms with van der Waals surface area (Å²) in [5.41, 5.74) is 0. The van der Waals surface area contributed by atoms with Gasteiger partial charge in [-0.1, -0.05) is 308 Å². The van der Waals surface area contributed by atoms with Crippen LogP contribution in [0.15, 0.2) is 24.3 Å². The minimum Gasteiger partial charge on any atom is -0.466 e. The molecule has 1 amide bonds. The van der Waals surface area contributed by atoms with Crippen molar-refractivity contribution in [3.8, 4) is 0 Å². The zero-order chi connectivity index (χ0) is 51.4. The van der Waals surface area contributed by atoms with Gasteiger partial charge in [0.25, 0.3) is 0 Å². The third-order valence-electron chi connectivity index (χ3n) is 15.0. The number of allylic oxidation sites excluding steroid dienone is 4. The second-order valence-corrected chi connectivity index (χ2v) is 22.1. The Morgan fingerprint density at radius 2 is 0.704 bits per heavy atom. The fourth-order valence-electron chi connectivity index (χ4n) is 10.1. The molecule has 0 aromatic carbocycles. The summed E-state index contributed by atoms with van der Waals surface area (Å²) in [7, 11) is 0. The minimum atomic E-state index is -0.670. The second kappa shape index (κ2) is 60.9. The molecule has 6 heteroatoms. The summed E-state index contributed by atoms with van der Waals surface area (Å²) in [5, 5.41) is 23.3. The summed E-state index contributed by atoms with van der Waals surface area (Å²) in [6, 6.07) is -0.548. The van der Waals surface area contributed by atoms with Gasteiger partial charge < -0.3 is 20.3 Å². The van der Waals surface area contributed by atoms with Gasteiger partial charge >= 0.3 is 5.97 Å². The Morgan fingerprint density at radius 3 is 1.07 bits per heavy atom. The highest BCUT2D eigenvalue weighted by atomic mass is 16.5. The van der Waals surface area contributed by atoms with Crippen molar-refractivity contribution in [2.45, 2.75) is 366 Å². The number of rotatable bonds is 60. The van der Waals surface area contributed by atoms with E-state index >= 15 is 0 Å². The van der Waals surface area contributed by atoms with E-state index in [2.05, 4.69) is 43.5 Å². The average Bonchev–Trinajstić information content (AvgIpc) is 3.37. The fraction of sp³-hybridized carbons (Fsp3) is 0.908. The van der Waals surface area contributed by atoms with Crippen LogP contribution in [0, 0.1) is 0 Å². The highest BCUT2D eigenvalue weighted by molar-refractivity contribution is 5.76. The van der Waals surface area contributed by atoms with E-state index in [1.54, 1.807) is 0 Å². The number of carbonyl (C=O) groups is 2. The molecular weight excluding hydrogens is 875 g/mol. The van der Waals surface area contributed by atoms with E-state index in [0.717, 1.165) is 44.9 Å². The first-order chi connectivity index (χ1) is 35.0. The minimum absolute atomic E-state index is 0.0115. The van der Waals surface area contributed by atoms with Gasteiger partial charge in [0, 0.05) is 12.8 Å². The van der Waals surface area contributed by atoms with Gasteiger partial charge in [0.1, 0.15) is 0 Å². The van der Waals surface area contributed by atoms with E-state index in [1.807, 2.05) is 0 Å². The predicted octanol–water partition coefficient (Wildman–Crippen LogP) is 20.2. The first kappa shape index (κ1) is 69.3. The van der Waals surface area contributed by atoms with Gasteiger partial charge in [-0.15, -0.1) is 0 Å². The molecule has 420 valence electrons. The summed E-state index contributed by atoms with van der Waals surface area (Å²) in [6.07, 6.45) is 74.8. The number of carbonyl (C=O) groups excluding carboxylic acids is 2. The van der Waals surface area contributed by atoms with Crippen LogP contribution in [0.5, 0.6) is 0 Å². The van der Waals surface area contributed by atoms with Crippen molar-refractivity contribution in [3.63, 3.8) is 0 Å². The van der Waals surface area contributed by atoms with Gasteiger partial charge in [-0.3, -0.25) is 9.59 Å². The number of hydrogen-bond donors (Lipinski definition) is 3. The lowest BCUT2D eigenvalue weighted by Crippen LogP contribution is -2.45. The van der Waals surface area contributed by atoms with Crippen molar-refractivity contribution in [2.24, 2.45) is 0 Å². The maximum Gasteiger partial charge on any atom is 0.305 e. The van der Waals surface area contributed by atoms with Crippen molar-refractivity contribution < 1.29 is 24.5 Å². The van der Waals surface area contributed by atoms with Gasteiger partial charge in [0.15, 0.2) is 0 Å². The van der Waals surface area contributed by atoms with E-state index in [0.29, 0.717) is 25.9 Å². The highest BCUT2D eigenvalue weighted by Crippen LogP contribution is 2.18. The van der Waals surface area contributed by atoms with Crippen LogP contribution in [0.1, 0.15) is 354 Å². The van der Waals surface area contributed by atoms with Gasteiger partial charge in [-0.05, 0) is 57.8 Å². The van der Waals surface area contributed by atoms with Crippen molar-refractivity contribution in [3.05, 3.63) is 24.3 Å². The monoisotopic (exact) mass is 1000 g/mol. The largest absolute Gasteiger partial charge is 0.466 e. The van der Waals surface area contributed by atoms with E-state index in [1.165, 1.54) is 276 Å². The molecule has 0 rings (SSSR count). The molecule has 0 radical (unpaired) electrons. The molecule has 0 bridgehead atoms. The van der Waals surface area contributed by atoms with Crippen LogP contribution in [0.3, 0.4) is 0 Å². The van der Waals surface area contributed by atoms with Crippen LogP contribution in [-0.4, -0.2) is 47.4 Å². The average molecular weight is 1000 g/mol. The number of aliphatic hydroxyl groups excluding tert-OH is 2. The van der Waals surface area contributed by atoms with Crippen molar-refractivity contribution in [2.75, 3.05) is 13.2 Å². The Morgan fingerprint density at radius 1 is 0.394 bits per heavy atom. The summed E-state index contributed by atoms with van der Waals surface area (Å²) in [5.74, 6) is -0.0323. The lowest BCUT2D eigenvalue weighted by molar-refractivity contribution is -0.143. The zero-order valence-corrected chi connectivity index (χ0v) is 48.0. The van der Waals surface area contributed by atoms with E-state index < -0.39 is 12.1 Å². The second-order valence-electron chi connectivity index (χ2n) is 22.1. The number of hydrogen-bond acceptors (Lipinski definition) is 5. The molecule has 0 spiro atoms. The van der Waals surface area contributed by atoms with Gasteiger partial charge in [-0.2, -0.15) is 0 Å². The molecule has 0 aromatic heterocycles. The lowest BCUT2D eigenvalue weighted by atomic mass is 10.0. The smallest absolute Gasteiger partial charge is 0.305 e. The van der Waals surface area contributed by atoms with Gasteiger partial charge in [-0.25, -0.2) is 0 Å². The number of nitrogens with one attached hydrogen (secondary N) is 1. The number of unbranched alkanes of at least 4 members (excludes halogenated alkanes) is 45. The summed E-state index contributed by atoms with van der Waals surface area (Å²) >= 11 is 0. The molecule has 0 aromatic rings. The Kier molecular flexibility index (Phi) is 59.5. The van der Waals surface area contributed by atoms with Crippen molar-refractivity contribution in [1.82, 2.24) is 5.32 Å². The van der Waals surface area contributed by atoms with Crippen molar-refractivity contribution in [1.29, 1.82) is 0 Å². The van der Waals surface area contributed by atoms with E-state index in [9.17, 15) is 19.8 Å². The molecule has 3 N–H and O–H groups in total. The van der Waals surface area contributed by atoms with E-state index in [4.69, 9.17) is 4.74 Å². The zero-order valence-electron chi connectivity index (χ0n) is 48.0. The molecule has 0 aliphatic rings. The number of esters is 1. The Bertz CT molecular complexity index is 1110. The van der Waals surface area contributed by atoms with E-state index in [-0.39, 0.29) is 18.5 Å². The van der Waals surface area contributed by atoms with Gasteiger partial charge in [0.05, 0.1) is 25.4 Å². The normalized spacial score (nSPS) is 12.7. The summed E-state index contributed by atoms with van der Waals surface area (Å²) in [4.78, 5) is 24.6. The summed E-state index contributed by atoms with van der Waals surface area (Å²) in [6.45, 7) is 4.97. The number of aliphatic hydroxyl groups is 2. The molecular formula is C65H125NO5. The molecule has 2 unspecified atom stereocenters. The Balaban J connectivity index is 3.42. The fourth-order valence-corrected chi connectivity index (χ4v) is 10.1. The molecule has 71 heavy (non-hydrogen) atoms. The molecule has 0 aliphatic heterocycles. The quantitative estimate of drug-likeness (QED) is 0.0320. The first-order valence-corrected chi connectivity index (χ1v) is 32.1. The molecule has 2 atom stereocenters. The Hall–Kier alpha value is -1.66. The van der Waals surface area contributed by atoms with Crippen LogP contribution in [-0.2, 0) is 14.3 Å². The van der Waals surface area contributed by atoms with Crippen molar-refractivity contribution >= 4 is 11.9 Å². The van der Waals surface area contributed by atoms with Crippen LogP contribution in [0.4, 0.5) is 0 Å². The molecule has 6 nitrogen and oxygen atoms in total. The SMILES string of the molecule is CCCCCCCCCCCCCCCCCCCC(=O)OCCCCCCCCCCC/C=C\C/C=C\CCCCCCCCCC(=O)NC(CO)C(O)CCCCCCCCCCCCCCCC.